The van der Waals surface area contributed by atoms with Gasteiger partial charge in [0, 0.05) is 39.1 Å². The van der Waals surface area contributed by atoms with Crippen LogP contribution in [0, 0.1) is 12.8 Å². The van der Waals surface area contributed by atoms with E-state index in [1.165, 1.54) is 0 Å². The van der Waals surface area contributed by atoms with Crippen LogP contribution in [0.25, 0.3) is 33.3 Å². The maximum absolute atomic E-state index is 11.8. The monoisotopic (exact) mass is 638 g/mol. The summed E-state index contributed by atoms with van der Waals surface area (Å²) in [5.41, 5.74) is 4.35. The topological polar surface area (TPSA) is 114 Å². The van der Waals surface area contributed by atoms with Crippen LogP contribution in [0.5, 0.6) is 11.5 Å². The number of rotatable bonds is 10. The summed E-state index contributed by atoms with van der Waals surface area (Å²) in [7, 11) is -4.11. The summed E-state index contributed by atoms with van der Waals surface area (Å²) in [6.07, 6.45) is 5.92. The van der Waals surface area contributed by atoms with Gasteiger partial charge in [0.2, 0.25) is 0 Å². The zero-order valence-electron chi connectivity index (χ0n) is 24.7. The van der Waals surface area contributed by atoms with Crippen LogP contribution in [0.15, 0.2) is 48.9 Å². The lowest BCUT2D eigenvalue weighted by molar-refractivity contribution is 0.0885. The molecule has 1 unspecified atom stereocenters. The van der Waals surface area contributed by atoms with Crippen LogP contribution in [-0.4, -0.2) is 63.9 Å². The van der Waals surface area contributed by atoms with E-state index in [4.69, 9.17) is 26.1 Å². The number of nitrogens with zero attached hydrogens (tertiary/aromatic N) is 6. The third-order valence-corrected chi connectivity index (χ3v) is 11.6. The van der Waals surface area contributed by atoms with E-state index in [1.807, 2.05) is 37.4 Å². The molecule has 43 heavy (non-hydrogen) atoms. The minimum atomic E-state index is -2.94. The van der Waals surface area contributed by atoms with E-state index < -0.39 is 17.9 Å². The fourth-order valence-corrected chi connectivity index (χ4v) is 8.08. The first-order chi connectivity index (χ1) is 20.4. The lowest BCUT2D eigenvalue weighted by Gasteiger charge is -2.16. The Kier molecular flexibility index (Phi) is 8.05. The number of aryl methyl sites for hydroxylation is 1. The van der Waals surface area contributed by atoms with E-state index in [2.05, 4.69) is 39.3 Å². The molecule has 1 atom stereocenters. The van der Waals surface area contributed by atoms with Gasteiger partial charge in [0.1, 0.15) is 34.6 Å². The van der Waals surface area contributed by atoms with E-state index >= 15 is 0 Å². The molecule has 13 heteroatoms. The minimum Gasteiger partial charge on any atom is -0.456 e. The van der Waals surface area contributed by atoms with Gasteiger partial charge in [0.25, 0.3) is 0 Å². The van der Waals surface area contributed by atoms with E-state index in [9.17, 15) is 8.42 Å². The number of fused-ring (bicyclic) bond motifs is 2. The van der Waals surface area contributed by atoms with Crippen LogP contribution < -0.4 is 4.74 Å². The van der Waals surface area contributed by atoms with Crippen molar-refractivity contribution in [1.82, 2.24) is 29.3 Å². The fourth-order valence-electron chi connectivity index (χ4n) is 5.23. The molecule has 10 nitrogen and oxygen atoms in total. The summed E-state index contributed by atoms with van der Waals surface area (Å²) in [6, 6.07) is 10.5. The molecule has 0 N–H and O–H groups in total. The van der Waals surface area contributed by atoms with Crippen molar-refractivity contribution in [1.29, 1.82) is 0 Å². The lowest BCUT2D eigenvalue weighted by atomic mass is 10.1. The number of hydrogen-bond acceptors (Lipinski definition) is 8. The molecule has 5 aromatic rings. The number of hydrogen-bond donors (Lipinski definition) is 0. The van der Waals surface area contributed by atoms with Crippen molar-refractivity contribution in [2.45, 2.75) is 52.3 Å². The maximum atomic E-state index is 11.8. The molecule has 0 spiro atoms. The summed E-state index contributed by atoms with van der Waals surface area (Å²) >= 11 is 6.83. The largest absolute Gasteiger partial charge is 0.456 e. The number of halogens is 1. The van der Waals surface area contributed by atoms with Gasteiger partial charge in [-0.25, -0.2) is 18.4 Å². The van der Waals surface area contributed by atoms with Gasteiger partial charge in [-0.1, -0.05) is 31.2 Å². The van der Waals surface area contributed by atoms with Gasteiger partial charge in [-0.3, -0.25) is 9.67 Å². The first-order valence-corrected chi connectivity index (χ1v) is 20.3. The van der Waals surface area contributed by atoms with Crippen molar-refractivity contribution in [3.05, 3.63) is 59.8 Å². The van der Waals surface area contributed by atoms with E-state index in [0.29, 0.717) is 52.9 Å². The molecular weight excluding hydrogens is 604 g/mol. The Hall–Kier alpha value is -3.32. The number of benzene rings is 2. The Morgan fingerprint density at radius 1 is 1.09 bits per heavy atom. The van der Waals surface area contributed by atoms with Crippen molar-refractivity contribution in [3.8, 4) is 22.8 Å². The zero-order chi connectivity index (χ0) is 30.4. The highest BCUT2D eigenvalue weighted by atomic mass is 35.5. The first-order valence-electron chi connectivity index (χ1n) is 14.4. The lowest BCUT2D eigenvalue weighted by Crippen LogP contribution is -2.22. The van der Waals surface area contributed by atoms with Gasteiger partial charge < -0.3 is 14.0 Å². The van der Waals surface area contributed by atoms with Crippen molar-refractivity contribution < 1.29 is 17.9 Å². The molecule has 1 fully saturated rings. The van der Waals surface area contributed by atoms with Gasteiger partial charge >= 0.3 is 0 Å². The number of imidazole rings is 1. The normalized spacial score (nSPS) is 16.8. The van der Waals surface area contributed by atoms with Crippen LogP contribution in [0.2, 0.25) is 30.7 Å². The molecule has 0 amide bonds. The van der Waals surface area contributed by atoms with Crippen molar-refractivity contribution in [3.63, 3.8) is 0 Å². The smallest absolute Gasteiger partial charge is 0.150 e. The van der Waals surface area contributed by atoms with Gasteiger partial charge in [-0.05, 0) is 49.6 Å². The van der Waals surface area contributed by atoms with Gasteiger partial charge in [-0.15, -0.1) is 0 Å². The predicted octanol–water partition coefficient (Wildman–Crippen LogP) is 6.34. The number of sulfone groups is 1. The van der Waals surface area contributed by atoms with Crippen molar-refractivity contribution in [2.75, 3.05) is 18.1 Å². The Bertz CT molecular complexity index is 1920. The average molecular weight is 639 g/mol. The molecule has 226 valence electrons. The SMILES string of the molecule is Cc1nc2ccc(Oc3ccc4ncc(-c5cnn(CC6CCS(=O)(=O)C6)c5)nc4c3Cl)cc2n1COCC[Si](C)(C)C. The van der Waals surface area contributed by atoms with E-state index in [0.717, 1.165) is 35.1 Å². The Morgan fingerprint density at radius 2 is 1.91 bits per heavy atom. The molecule has 3 aromatic heterocycles. The molecule has 6 rings (SSSR count). The molecule has 0 aliphatic carbocycles. The number of aromatic nitrogens is 6. The Morgan fingerprint density at radius 3 is 2.67 bits per heavy atom. The molecule has 2 aromatic carbocycles. The summed E-state index contributed by atoms with van der Waals surface area (Å²) in [6.45, 7) is 10.7. The Balaban J connectivity index is 1.21. The van der Waals surface area contributed by atoms with E-state index in [1.54, 1.807) is 23.1 Å². The van der Waals surface area contributed by atoms with Crippen molar-refractivity contribution in [2.24, 2.45) is 5.92 Å². The summed E-state index contributed by atoms with van der Waals surface area (Å²) in [5, 5.41) is 4.79. The molecule has 1 saturated heterocycles. The highest BCUT2D eigenvalue weighted by Crippen LogP contribution is 2.36. The van der Waals surface area contributed by atoms with Crippen LogP contribution in [0.3, 0.4) is 0 Å². The standard InChI is InChI=1S/C30H35ClN6O4SSi/c1-20-34-24-6-5-23(13-27(24)37(20)19-40-10-12-43(2,3)4)41-28-8-7-25-30(29(28)31)35-26(15-32-25)22-14-33-36(17-22)16-21-9-11-42(38,39)18-21/h5-8,13-15,17,21H,9-12,16,18-19H2,1-4H3. The maximum Gasteiger partial charge on any atom is 0.150 e. The summed E-state index contributed by atoms with van der Waals surface area (Å²) < 4.78 is 39.7. The van der Waals surface area contributed by atoms with Gasteiger partial charge in [0.05, 0.1) is 46.1 Å². The number of ether oxygens (including phenoxy) is 2. The third-order valence-electron chi connectivity index (χ3n) is 7.67. The molecule has 4 heterocycles. The molecule has 0 radical (unpaired) electrons. The zero-order valence-corrected chi connectivity index (χ0v) is 27.3. The molecule has 0 saturated carbocycles. The van der Waals surface area contributed by atoms with E-state index in [-0.39, 0.29) is 17.4 Å². The minimum absolute atomic E-state index is 0.0684. The molecule has 1 aliphatic heterocycles. The second-order valence-electron chi connectivity index (χ2n) is 12.4. The van der Waals surface area contributed by atoms with Crippen LogP contribution in [0.4, 0.5) is 0 Å². The average Bonchev–Trinajstić information content (AvgIpc) is 3.64. The third kappa shape index (κ3) is 6.77. The first kappa shape index (κ1) is 29.7. The second kappa shape index (κ2) is 11.6. The van der Waals surface area contributed by atoms with Gasteiger partial charge in [-0.2, -0.15) is 5.10 Å². The van der Waals surface area contributed by atoms with Crippen LogP contribution >= 0.6 is 11.6 Å². The van der Waals surface area contributed by atoms with Gasteiger partial charge in [0.15, 0.2) is 9.84 Å². The fraction of sp³-hybridized carbons (Fsp3) is 0.400. The highest BCUT2D eigenvalue weighted by Gasteiger charge is 2.28. The quantitative estimate of drug-likeness (QED) is 0.129. The predicted molar refractivity (Wildman–Crippen MR) is 171 cm³/mol. The Labute approximate surface area is 257 Å². The summed E-state index contributed by atoms with van der Waals surface area (Å²) in [4.78, 5) is 14.0. The highest BCUT2D eigenvalue weighted by molar-refractivity contribution is 7.91. The van der Waals surface area contributed by atoms with Crippen LogP contribution in [0.1, 0.15) is 12.2 Å². The molecule has 1 aliphatic rings. The van der Waals surface area contributed by atoms with Crippen molar-refractivity contribution >= 4 is 51.6 Å². The molecular formula is C30H35ClN6O4SSi. The molecule has 0 bridgehead atoms. The van der Waals surface area contributed by atoms with Crippen LogP contribution in [-0.2, 0) is 27.8 Å². The second-order valence-corrected chi connectivity index (χ2v) is 20.6. The summed E-state index contributed by atoms with van der Waals surface area (Å²) in [5.74, 6) is 2.48.